The van der Waals surface area contributed by atoms with Crippen molar-refractivity contribution in [3.8, 4) is 0 Å². The summed E-state index contributed by atoms with van der Waals surface area (Å²) in [5, 5.41) is 3.12. The van der Waals surface area contributed by atoms with Crippen molar-refractivity contribution in [3.63, 3.8) is 0 Å². The predicted octanol–water partition coefficient (Wildman–Crippen LogP) is 3.65. The van der Waals surface area contributed by atoms with Gasteiger partial charge in [-0.15, -0.1) is 0 Å². The minimum atomic E-state index is 0.400. The molecule has 0 radical (unpaired) electrons. The second-order valence-corrected chi connectivity index (χ2v) is 6.20. The molecule has 1 aromatic heterocycles. The Hall–Kier alpha value is -0.800. The zero-order valence-corrected chi connectivity index (χ0v) is 12.7. The third-order valence-corrected chi connectivity index (χ3v) is 4.01. The second kappa shape index (κ2) is 6.58. The maximum absolute atomic E-state index is 6.04. The van der Waals surface area contributed by atoms with Crippen molar-refractivity contribution in [1.82, 2.24) is 5.32 Å². The summed E-state index contributed by atoms with van der Waals surface area (Å²) < 4.78 is 11.9. The van der Waals surface area contributed by atoms with E-state index in [-0.39, 0.29) is 0 Å². The first kappa shape index (κ1) is 14.6. The molecule has 0 aromatic carbocycles. The van der Waals surface area contributed by atoms with Gasteiger partial charge in [-0.2, -0.15) is 0 Å². The first-order valence-corrected chi connectivity index (χ1v) is 7.42. The van der Waals surface area contributed by atoms with Crippen LogP contribution in [0.1, 0.15) is 50.2 Å². The quantitative estimate of drug-likeness (QED) is 0.882. The first-order valence-electron chi connectivity index (χ1n) is 7.42. The molecule has 1 fully saturated rings. The van der Waals surface area contributed by atoms with Crippen molar-refractivity contribution in [1.29, 1.82) is 0 Å². The average Bonchev–Trinajstić information content (AvgIpc) is 2.67. The van der Waals surface area contributed by atoms with Crippen LogP contribution in [0.15, 0.2) is 10.5 Å². The molecule has 2 unspecified atom stereocenters. The number of nitrogens with one attached hydrogen (secondary N) is 1. The molecule has 1 aromatic rings. The normalized spacial score (nSPS) is 27.7. The smallest absolute Gasteiger partial charge is 0.130 e. The minimum absolute atomic E-state index is 0.400. The average molecular weight is 265 g/mol. The third-order valence-electron chi connectivity index (χ3n) is 4.01. The molecule has 0 bridgehead atoms. The summed E-state index contributed by atoms with van der Waals surface area (Å²) in [4.78, 5) is 0. The van der Waals surface area contributed by atoms with Crippen LogP contribution in [-0.2, 0) is 17.9 Å². The molecular formula is C16H27NO2. The molecule has 1 heterocycles. The van der Waals surface area contributed by atoms with Crippen molar-refractivity contribution in [3.05, 3.63) is 23.2 Å². The Balaban J connectivity index is 1.86. The van der Waals surface area contributed by atoms with Crippen molar-refractivity contribution in [2.45, 2.75) is 59.3 Å². The lowest BCUT2D eigenvalue weighted by molar-refractivity contribution is -0.0159. The van der Waals surface area contributed by atoms with Gasteiger partial charge in [-0.25, -0.2) is 0 Å². The Morgan fingerprint density at radius 3 is 2.58 bits per heavy atom. The summed E-state index contributed by atoms with van der Waals surface area (Å²) >= 11 is 0. The largest absolute Gasteiger partial charge is 0.462 e. The lowest BCUT2D eigenvalue weighted by Gasteiger charge is -2.31. The molecule has 3 heteroatoms. The summed E-state index contributed by atoms with van der Waals surface area (Å²) in [5.74, 6) is 3.54. The first-order chi connectivity index (χ1) is 9.08. The maximum Gasteiger partial charge on any atom is 0.130 e. The van der Waals surface area contributed by atoms with E-state index in [0.29, 0.717) is 12.7 Å². The molecule has 3 nitrogen and oxygen atoms in total. The number of ether oxygens (including phenoxy) is 1. The Labute approximate surface area is 116 Å². The topological polar surface area (TPSA) is 34.4 Å². The number of aryl methyl sites for hydroxylation is 1. The highest BCUT2D eigenvalue weighted by Crippen LogP contribution is 2.31. The van der Waals surface area contributed by atoms with E-state index in [0.717, 1.165) is 29.9 Å². The van der Waals surface area contributed by atoms with E-state index in [4.69, 9.17) is 9.15 Å². The molecule has 1 N–H and O–H groups in total. The standard InChI is InChI=1S/C16H27NO2/c1-11-5-12(2)7-14(6-11)18-10-15-8-13(3)16(19-15)9-17-4/h8,11-12,14,17H,5-7,9-10H2,1-4H3. The number of rotatable bonds is 5. The highest BCUT2D eigenvalue weighted by Gasteiger charge is 2.24. The molecule has 2 rings (SSSR count). The van der Waals surface area contributed by atoms with Crippen molar-refractivity contribution in [2.75, 3.05) is 7.05 Å². The molecule has 0 amide bonds. The molecule has 108 valence electrons. The van der Waals surface area contributed by atoms with Gasteiger partial charge in [0, 0.05) is 0 Å². The fourth-order valence-corrected chi connectivity index (χ4v) is 3.21. The van der Waals surface area contributed by atoms with Crippen molar-refractivity contribution < 1.29 is 9.15 Å². The van der Waals surface area contributed by atoms with Crippen LogP contribution in [0.25, 0.3) is 0 Å². The van der Waals surface area contributed by atoms with E-state index < -0.39 is 0 Å². The molecule has 19 heavy (non-hydrogen) atoms. The SMILES string of the molecule is CNCc1oc(COC2CC(C)CC(C)C2)cc1C. The summed E-state index contributed by atoms with van der Waals surface area (Å²) in [6.45, 7) is 8.13. The maximum atomic E-state index is 6.04. The molecule has 0 spiro atoms. The van der Waals surface area contributed by atoms with Gasteiger partial charge in [-0.05, 0) is 56.7 Å². The Bertz CT molecular complexity index is 389. The molecular weight excluding hydrogens is 238 g/mol. The van der Waals surface area contributed by atoms with Gasteiger partial charge in [0.2, 0.25) is 0 Å². The molecule has 2 atom stereocenters. The van der Waals surface area contributed by atoms with Gasteiger partial charge in [0.15, 0.2) is 0 Å². The highest BCUT2D eigenvalue weighted by molar-refractivity contribution is 5.19. The van der Waals surface area contributed by atoms with Gasteiger partial charge in [-0.1, -0.05) is 13.8 Å². The van der Waals surface area contributed by atoms with Crippen LogP contribution in [0.4, 0.5) is 0 Å². The minimum Gasteiger partial charge on any atom is -0.462 e. The van der Waals surface area contributed by atoms with E-state index in [1.54, 1.807) is 0 Å². The molecule has 0 aliphatic heterocycles. The van der Waals surface area contributed by atoms with Crippen molar-refractivity contribution in [2.24, 2.45) is 11.8 Å². The Morgan fingerprint density at radius 2 is 1.95 bits per heavy atom. The fourth-order valence-electron chi connectivity index (χ4n) is 3.21. The van der Waals surface area contributed by atoms with E-state index in [1.165, 1.54) is 24.8 Å². The summed E-state index contributed by atoms with van der Waals surface area (Å²) in [6, 6.07) is 2.10. The molecule has 1 saturated carbocycles. The van der Waals surface area contributed by atoms with Gasteiger partial charge >= 0.3 is 0 Å². The lowest BCUT2D eigenvalue weighted by Crippen LogP contribution is -2.26. The van der Waals surface area contributed by atoms with Crippen molar-refractivity contribution >= 4 is 0 Å². The van der Waals surface area contributed by atoms with Gasteiger partial charge in [0.25, 0.3) is 0 Å². The monoisotopic (exact) mass is 265 g/mol. The Kier molecular flexibility index (Phi) is 5.06. The summed E-state index contributed by atoms with van der Waals surface area (Å²) in [7, 11) is 1.93. The third kappa shape index (κ3) is 4.08. The summed E-state index contributed by atoms with van der Waals surface area (Å²) in [6.07, 6.45) is 4.12. The highest BCUT2D eigenvalue weighted by atomic mass is 16.5. The van der Waals surface area contributed by atoms with Gasteiger partial charge < -0.3 is 14.5 Å². The fraction of sp³-hybridized carbons (Fsp3) is 0.750. The van der Waals surface area contributed by atoms with Crippen LogP contribution < -0.4 is 5.32 Å². The number of hydrogen-bond donors (Lipinski definition) is 1. The number of hydrogen-bond acceptors (Lipinski definition) is 3. The van der Waals surface area contributed by atoms with E-state index in [1.807, 2.05) is 7.05 Å². The van der Waals surface area contributed by atoms with Crippen LogP contribution in [0.3, 0.4) is 0 Å². The van der Waals surface area contributed by atoms with Crippen LogP contribution in [0, 0.1) is 18.8 Å². The predicted molar refractivity (Wildman–Crippen MR) is 77.0 cm³/mol. The van der Waals surface area contributed by atoms with Gasteiger partial charge in [-0.3, -0.25) is 0 Å². The van der Waals surface area contributed by atoms with Crippen LogP contribution >= 0.6 is 0 Å². The molecule has 1 aliphatic carbocycles. The van der Waals surface area contributed by atoms with Gasteiger partial charge in [0.1, 0.15) is 18.1 Å². The van der Waals surface area contributed by atoms with Crippen LogP contribution in [0.5, 0.6) is 0 Å². The van der Waals surface area contributed by atoms with E-state index >= 15 is 0 Å². The molecule has 0 saturated heterocycles. The number of furan rings is 1. The summed E-state index contributed by atoms with van der Waals surface area (Å²) in [5.41, 5.74) is 1.21. The zero-order valence-electron chi connectivity index (χ0n) is 12.7. The molecule has 1 aliphatic rings. The van der Waals surface area contributed by atoms with E-state index in [2.05, 4.69) is 32.2 Å². The zero-order chi connectivity index (χ0) is 13.8. The van der Waals surface area contributed by atoms with Crippen LogP contribution in [0.2, 0.25) is 0 Å². The Morgan fingerprint density at radius 1 is 1.26 bits per heavy atom. The van der Waals surface area contributed by atoms with Gasteiger partial charge in [0.05, 0.1) is 12.6 Å². The van der Waals surface area contributed by atoms with E-state index in [9.17, 15) is 0 Å². The van der Waals surface area contributed by atoms with Crippen LogP contribution in [-0.4, -0.2) is 13.2 Å². The second-order valence-electron chi connectivity index (χ2n) is 6.20. The lowest BCUT2D eigenvalue weighted by atomic mass is 9.82.